The van der Waals surface area contributed by atoms with Crippen molar-refractivity contribution < 1.29 is 4.79 Å². The lowest BCUT2D eigenvalue weighted by Crippen LogP contribution is -2.30. The summed E-state index contributed by atoms with van der Waals surface area (Å²) in [5.41, 5.74) is 3.29. The normalized spacial score (nSPS) is 27.1. The lowest BCUT2D eigenvalue weighted by molar-refractivity contribution is 0.0943. The Bertz CT molecular complexity index is 785. The van der Waals surface area contributed by atoms with E-state index < -0.39 is 0 Å². The molecule has 5 rings (SSSR count). The Hall–Kier alpha value is -1.92. The van der Waals surface area contributed by atoms with Crippen LogP contribution in [0.5, 0.6) is 0 Å². The van der Waals surface area contributed by atoms with E-state index in [1.807, 2.05) is 4.68 Å². The highest BCUT2D eigenvalue weighted by Crippen LogP contribution is 2.56. The lowest BCUT2D eigenvalue weighted by Gasteiger charge is -2.22. The number of hydrogen-bond acceptors (Lipinski definition) is 4. The second kappa shape index (κ2) is 6.42. The molecule has 7 heteroatoms. The number of aromatic nitrogens is 3. The van der Waals surface area contributed by atoms with E-state index in [1.165, 1.54) is 11.1 Å². The highest BCUT2D eigenvalue weighted by molar-refractivity contribution is 5.92. The standard InChI is InChI=1S/C18H21N5O.ClH/c24-18(15-10-23(22-21-15)12-5-7-19-8-6-12)20-17-14-9-11-3-1-2-4-13(11)16(14)17;/h1-4,10,12,14,16-17,19H,5-9H2,(H,20,24);1H. The zero-order valence-corrected chi connectivity index (χ0v) is 14.7. The maximum atomic E-state index is 12.5. The fraction of sp³-hybridized carbons (Fsp3) is 0.500. The van der Waals surface area contributed by atoms with Crippen molar-refractivity contribution in [2.24, 2.45) is 5.92 Å². The van der Waals surface area contributed by atoms with Crippen molar-refractivity contribution in [1.29, 1.82) is 0 Å². The van der Waals surface area contributed by atoms with Crippen LogP contribution in [-0.4, -0.2) is 40.0 Å². The van der Waals surface area contributed by atoms with Crippen LogP contribution in [0.25, 0.3) is 0 Å². The number of hydrogen-bond donors (Lipinski definition) is 2. The average Bonchev–Trinajstić information content (AvgIpc) is 3.02. The van der Waals surface area contributed by atoms with Crippen LogP contribution < -0.4 is 10.6 Å². The maximum absolute atomic E-state index is 12.5. The quantitative estimate of drug-likeness (QED) is 0.874. The minimum atomic E-state index is -0.0907. The van der Waals surface area contributed by atoms with E-state index in [0.29, 0.717) is 23.6 Å². The first-order valence-electron chi connectivity index (χ1n) is 8.82. The third-order valence-corrected chi connectivity index (χ3v) is 5.76. The van der Waals surface area contributed by atoms with Crippen LogP contribution in [0.1, 0.15) is 46.4 Å². The smallest absolute Gasteiger partial charge is 0.273 e. The van der Waals surface area contributed by atoms with Gasteiger partial charge in [0.2, 0.25) is 0 Å². The molecule has 1 aromatic carbocycles. The molecule has 3 atom stereocenters. The van der Waals surface area contributed by atoms with Gasteiger partial charge < -0.3 is 10.6 Å². The molecule has 1 saturated carbocycles. The van der Waals surface area contributed by atoms with E-state index in [-0.39, 0.29) is 24.4 Å². The molecule has 2 aliphatic carbocycles. The molecule has 1 saturated heterocycles. The van der Waals surface area contributed by atoms with Crippen molar-refractivity contribution in [3.63, 3.8) is 0 Å². The van der Waals surface area contributed by atoms with Gasteiger partial charge in [0.1, 0.15) is 0 Å². The molecule has 3 aliphatic rings. The van der Waals surface area contributed by atoms with Gasteiger partial charge in [-0.25, -0.2) is 4.68 Å². The number of carbonyl (C=O) groups is 1. The Balaban J connectivity index is 0.00000157. The Morgan fingerprint density at radius 3 is 2.88 bits per heavy atom. The van der Waals surface area contributed by atoms with Crippen molar-refractivity contribution in [1.82, 2.24) is 25.6 Å². The molecule has 0 spiro atoms. The summed E-state index contributed by atoms with van der Waals surface area (Å²) in [6, 6.07) is 9.19. The molecule has 2 N–H and O–H groups in total. The van der Waals surface area contributed by atoms with Crippen LogP contribution in [-0.2, 0) is 6.42 Å². The number of carbonyl (C=O) groups excluding carboxylic acids is 1. The lowest BCUT2D eigenvalue weighted by atomic mass is 10.1. The predicted octanol–water partition coefficient (Wildman–Crippen LogP) is 1.69. The number of nitrogens with one attached hydrogen (secondary N) is 2. The number of fused-ring (bicyclic) bond motifs is 3. The van der Waals surface area contributed by atoms with Crippen LogP contribution >= 0.6 is 12.4 Å². The molecule has 132 valence electrons. The van der Waals surface area contributed by atoms with Gasteiger partial charge in [-0.1, -0.05) is 29.5 Å². The fourth-order valence-electron chi connectivity index (χ4n) is 4.40. The van der Waals surface area contributed by atoms with Gasteiger partial charge in [-0.2, -0.15) is 0 Å². The number of benzene rings is 1. The highest BCUT2D eigenvalue weighted by atomic mass is 35.5. The van der Waals surface area contributed by atoms with Gasteiger partial charge in [-0.3, -0.25) is 4.79 Å². The van der Waals surface area contributed by atoms with Gasteiger partial charge in [0.25, 0.3) is 5.91 Å². The number of piperidine rings is 1. The van der Waals surface area contributed by atoms with Gasteiger partial charge in [-0.15, -0.1) is 17.5 Å². The summed E-state index contributed by atoms with van der Waals surface area (Å²) in [6.07, 6.45) is 4.95. The topological polar surface area (TPSA) is 71.8 Å². The monoisotopic (exact) mass is 359 g/mol. The minimum absolute atomic E-state index is 0. The molecule has 1 aliphatic heterocycles. The van der Waals surface area contributed by atoms with Crippen LogP contribution in [0.4, 0.5) is 0 Å². The van der Waals surface area contributed by atoms with Crippen molar-refractivity contribution in [3.8, 4) is 0 Å². The first-order chi connectivity index (χ1) is 11.8. The SMILES string of the molecule is Cl.O=C(NC1C2Cc3ccccc3C21)c1cn(C2CCNCC2)nn1. The molecule has 0 radical (unpaired) electrons. The molecule has 2 fully saturated rings. The molecule has 3 unspecified atom stereocenters. The summed E-state index contributed by atoms with van der Waals surface area (Å²) in [5.74, 6) is 0.961. The first kappa shape index (κ1) is 16.5. The van der Waals surface area contributed by atoms with Crippen LogP contribution in [0.3, 0.4) is 0 Å². The largest absolute Gasteiger partial charge is 0.347 e. The molecular weight excluding hydrogens is 338 g/mol. The third-order valence-electron chi connectivity index (χ3n) is 5.76. The summed E-state index contributed by atoms with van der Waals surface area (Å²) in [7, 11) is 0. The van der Waals surface area contributed by atoms with Crippen molar-refractivity contribution in [2.45, 2.75) is 37.3 Å². The van der Waals surface area contributed by atoms with Crippen molar-refractivity contribution in [3.05, 3.63) is 47.3 Å². The molecule has 1 amide bonds. The number of rotatable bonds is 3. The van der Waals surface area contributed by atoms with E-state index in [2.05, 4.69) is 45.2 Å². The minimum Gasteiger partial charge on any atom is -0.347 e. The summed E-state index contributed by atoms with van der Waals surface area (Å²) in [5, 5.41) is 14.8. The Kier molecular flexibility index (Phi) is 4.25. The molecule has 6 nitrogen and oxygen atoms in total. The van der Waals surface area contributed by atoms with Crippen LogP contribution in [0.2, 0.25) is 0 Å². The molecular formula is C18H22ClN5O. The number of halogens is 1. The molecule has 0 bridgehead atoms. The number of amides is 1. The summed E-state index contributed by atoms with van der Waals surface area (Å²) < 4.78 is 1.86. The maximum Gasteiger partial charge on any atom is 0.273 e. The van der Waals surface area contributed by atoms with Crippen molar-refractivity contribution >= 4 is 18.3 Å². The van der Waals surface area contributed by atoms with Crippen LogP contribution in [0.15, 0.2) is 30.5 Å². The first-order valence-corrected chi connectivity index (χ1v) is 8.82. The van der Waals surface area contributed by atoms with E-state index in [9.17, 15) is 4.79 Å². The zero-order valence-electron chi connectivity index (χ0n) is 13.9. The molecule has 1 aromatic heterocycles. The van der Waals surface area contributed by atoms with E-state index in [0.717, 1.165) is 32.4 Å². The Morgan fingerprint density at radius 1 is 1.24 bits per heavy atom. The third kappa shape index (κ3) is 2.83. The predicted molar refractivity (Wildman–Crippen MR) is 96.0 cm³/mol. The second-order valence-corrected chi connectivity index (χ2v) is 7.16. The van der Waals surface area contributed by atoms with Gasteiger partial charge in [-0.05, 0) is 49.4 Å². The van der Waals surface area contributed by atoms with Gasteiger partial charge in [0, 0.05) is 12.0 Å². The zero-order chi connectivity index (χ0) is 16.1. The summed E-state index contributed by atoms with van der Waals surface area (Å²) >= 11 is 0. The van der Waals surface area contributed by atoms with E-state index in [1.54, 1.807) is 6.20 Å². The second-order valence-electron chi connectivity index (χ2n) is 7.16. The summed E-state index contributed by atoms with van der Waals surface area (Å²) in [6.45, 7) is 1.99. The molecule has 2 aromatic rings. The molecule has 25 heavy (non-hydrogen) atoms. The van der Waals surface area contributed by atoms with E-state index in [4.69, 9.17) is 0 Å². The highest BCUT2D eigenvalue weighted by Gasteiger charge is 2.56. The van der Waals surface area contributed by atoms with Gasteiger partial charge in [0.05, 0.1) is 12.2 Å². The van der Waals surface area contributed by atoms with Crippen molar-refractivity contribution in [2.75, 3.05) is 13.1 Å². The fourth-order valence-corrected chi connectivity index (χ4v) is 4.40. The Morgan fingerprint density at radius 2 is 2.04 bits per heavy atom. The van der Waals surface area contributed by atoms with E-state index >= 15 is 0 Å². The molecule has 2 heterocycles. The van der Waals surface area contributed by atoms with Gasteiger partial charge >= 0.3 is 0 Å². The number of nitrogens with zero attached hydrogens (tertiary/aromatic N) is 3. The van der Waals surface area contributed by atoms with Crippen LogP contribution in [0, 0.1) is 5.92 Å². The van der Waals surface area contributed by atoms with Gasteiger partial charge in [0.15, 0.2) is 5.69 Å². The average molecular weight is 360 g/mol. The summed E-state index contributed by atoms with van der Waals surface area (Å²) in [4.78, 5) is 12.5. The Labute approximate surface area is 152 Å².